The van der Waals surface area contributed by atoms with E-state index in [0.29, 0.717) is 16.9 Å². The molecule has 0 amide bonds. The Bertz CT molecular complexity index is 942. The number of nitrogens with zero attached hydrogens (tertiary/aromatic N) is 3. The number of aromatic nitrogens is 2. The van der Waals surface area contributed by atoms with E-state index in [1.165, 1.54) is 31.2 Å². The first kappa shape index (κ1) is 23.1. The van der Waals surface area contributed by atoms with Crippen molar-refractivity contribution in [1.82, 2.24) is 15.3 Å². The molecule has 2 N–H and O–H groups in total. The van der Waals surface area contributed by atoms with Gasteiger partial charge in [-0.1, -0.05) is 43.5 Å². The van der Waals surface area contributed by atoms with Crippen LogP contribution in [0.1, 0.15) is 51.0 Å². The fourth-order valence-corrected chi connectivity index (χ4v) is 5.16. The topological polar surface area (TPSA) is 62.3 Å². The lowest BCUT2D eigenvalue weighted by atomic mass is 9.79. The Morgan fingerprint density at radius 2 is 1.97 bits per heavy atom. The summed E-state index contributed by atoms with van der Waals surface area (Å²) in [5.74, 6) is 2.62. The molecule has 1 aliphatic carbocycles. The van der Waals surface area contributed by atoms with E-state index >= 15 is 0 Å². The molecule has 0 unspecified atom stereocenters. The summed E-state index contributed by atoms with van der Waals surface area (Å²) in [6.07, 6.45) is 7.00. The van der Waals surface area contributed by atoms with E-state index in [-0.39, 0.29) is 5.41 Å². The molecule has 1 aromatic heterocycles. The van der Waals surface area contributed by atoms with Crippen molar-refractivity contribution >= 4 is 40.7 Å². The minimum absolute atomic E-state index is 0.0432. The van der Waals surface area contributed by atoms with E-state index in [2.05, 4.69) is 39.6 Å². The maximum atomic E-state index is 6.28. The standard InChI is InChI=1S/C24H32ClN5OS/c1-17-8-12-30(13-9-17)20-15-21(31-2)28-22(27-20)29-23(32)26-16-24(10-3-4-11-24)18-6-5-7-19(25)14-18/h5-7,14-15,17H,3-4,8-13,16H2,1-2H3,(H2,26,27,28,29,32). The summed E-state index contributed by atoms with van der Waals surface area (Å²) in [5, 5.41) is 7.89. The first-order valence-corrected chi connectivity index (χ1v) is 12.2. The largest absolute Gasteiger partial charge is 0.481 e. The van der Waals surface area contributed by atoms with Gasteiger partial charge in [-0.2, -0.15) is 9.97 Å². The van der Waals surface area contributed by atoms with E-state index in [4.69, 9.17) is 33.5 Å². The van der Waals surface area contributed by atoms with Gasteiger partial charge >= 0.3 is 0 Å². The maximum Gasteiger partial charge on any atom is 0.234 e. The van der Waals surface area contributed by atoms with E-state index in [0.717, 1.165) is 49.2 Å². The molecule has 4 rings (SSSR count). The molecular weight excluding hydrogens is 442 g/mol. The Labute approximate surface area is 201 Å². The van der Waals surface area contributed by atoms with Crippen molar-refractivity contribution in [2.45, 2.75) is 50.9 Å². The third kappa shape index (κ3) is 5.44. The van der Waals surface area contributed by atoms with Crippen LogP contribution in [0.5, 0.6) is 5.88 Å². The van der Waals surface area contributed by atoms with Crippen LogP contribution in [0, 0.1) is 5.92 Å². The lowest BCUT2D eigenvalue weighted by molar-refractivity contribution is 0.396. The van der Waals surface area contributed by atoms with Gasteiger partial charge in [-0.05, 0) is 61.5 Å². The van der Waals surface area contributed by atoms with Gasteiger partial charge in [0.05, 0.1) is 7.11 Å². The molecule has 2 aromatic rings. The highest BCUT2D eigenvalue weighted by molar-refractivity contribution is 7.80. The van der Waals surface area contributed by atoms with Crippen LogP contribution in [0.15, 0.2) is 30.3 Å². The number of ether oxygens (including phenoxy) is 1. The Morgan fingerprint density at radius 1 is 1.22 bits per heavy atom. The lowest BCUT2D eigenvalue weighted by Crippen LogP contribution is -2.41. The summed E-state index contributed by atoms with van der Waals surface area (Å²) in [4.78, 5) is 11.5. The third-order valence-electron chi connectivity index (χ3n) is 6.82. The lowest BCUT2D eigenvalue weighted by Gasteiger charge is -2.31. The van der Waals surface area contributed by atoms with Crippen molar-refractivity contribution in [1.29, 1.82) is 0 Å². The second-order valence-electron chi connectivity index (χ2n) is 9.07. The monoisotopic (exact) mass is 473 g/mol. The van der Waals surface area contributed by atoms with Crippen LogP contribution < -0.4 is 20.3 Å². The van der Waals surface area contributed by atoms with Crippen LogP contribution in [0.25, 0.3) is 0 Å². The number of rotatable bonds is 6. The molecule has 2 heterocycles. The normalized spacial score (nSPS) is 18.4. The van der Waals surface area contributed by atoms with E-state index in [1.807, 2.05) is 18.2 Å². The van der Waals surface area contributed by atoms with Crippen molar-refractivity contribution in [3.63, 3.8) is 0 Å². The summed E-state index contributed by atoms with van der Waals surface area (Å²) >= 11 is 11.9. The van der Waals surface area contributed by atoms with Gasteiger partial charge in [-0.3, -0.25) is 0 Å². The summed E-state index contributed by atoms with van der Waals surface area (Å²) in [6, 6.07) is 10.1. The van der Waals surface area contributed by atoms with Crippen molar-refractivity contribution < 1.29 is 4.74 Å². The molecule has 0 bridgehead atoms. The van der Waals surface area contributed by atoms with Crippen LogP contribution in [0.4, 0.5) is 11.8 Å². The summed E-state index contributed by atoms with van der Waals surface area (Å²) in [7, 11) is 1.62. The molecule has 2 fully saturated rings. The predicted molar refractivity (Wildman–Crippen MR) is 135 cm³/mol. The zero-order valence-corrected chi connectivity index (χ0v) is 20.4. The minimum atomic E-state index is 0.0432. The average Bonchev–Trinajstić information content (AvgIpc) is 3.28. The van der Waals surface area contributed by atoms with E-state index in [9.17, 15) is 0 Å². The van der Waals surface area contributed by atoms with Gasteiger partial charge in [0.1, 0.15) is 5.82 Å². The highest BCUT2D eigenvalue weighted by Gasteiger charge is 2.35. The number of anilines is 2. The number of thiocarbonyl (C=S) groups is 1. The van der Waals surface area contributed by atoms with Crippen molar-refractivity contribution in [3.05, 3.63) is 40.9 Å². The maximum absolute atomic E-state index is 6.28. The van der Waals surface area contributed by atoms with Gasteiger partial charge in [0.2, 0.25) is 11.8 Å². The number of nitrogens with one attached hydrogen (secondary N) is 2. The van der Waals surface area contributed by atoms with Crippen molar-refractivity contribution in [3.8, 4) is 5.88 Å². The fraction of sp³-hybridized carbons (Fsp3) is 0.542. The van der Waals surface area contributed by atoms with Gasteiger partial charge in [-0.25, -0.2) is 0 Å². The van der Waals surface area contributed by atoms with Crippen LogP contribution in [-0.2, 0) is 5.41 Å². The van der Waals surface area contributed by atoms with Crippen LogP contribution in [0.2, 0.25) is 5.02 Å². The van der Waals surface area contributed by atoms with Crippen LogP contribution in [0.3, 0.4) is 0 Å². The van der Waals surface area contributed by atoms with Gasteiger partial charge in [0.15, 0.2) is 5.11 Å². The zero-order valence-electron chi connectivity index (χ0n) is 18.9. The quantitative estimate of drug-likeness (QED) is 0.561. The Kier molecular flexibility index (Phi) is 7.36. The fourth-order valence-electron chi connectivity index (χ4n) is 4.81. The van der Waals surface area contributed by atoms with Crippen molar-refractivity contribution in [2.24, 2.45) is 5.92 Å². The Balaban J connectivity index is 1.43. The summed E-state index contributed by atoms with van der Waals surface area (Å²) in [5.41, 5.74) is 1.32. The molecule has 172 valence electrons. The number of hydrogen-bond acceptors (Lipinski definition) is 5. The SMILES string of the molecule is COc1cc(N2CCC(C)CC2)nc(NC(=S)NCC2(c3cccc(Cl)c3)CCCC2)n1. The highest BCUT2D eigenvalue weighted by atomic mass is 35.5. The molecule has 2 aliphatic rings. The summed E-state index contributed by atoms with van der Waals surface area (Å²) in [6.45, 7) is 5.03. The molecule has 32 heavy (non-hydrogen) atoms. The molecular formula is C24H32ClN5OS. The van der Waals surface area contributed by atoms with Gasteiger partial charge in [0.25, 0.3) is 0 Å². The van der Waals surface area contributed by atoms with Crippen LogP contribution in [-0.4, -0.2) is 41.8 Å². The number of benzene rings is 1. The molecule has 1 aromatic carbocycles. The second kappa shape index (κ2) is 10.2. The van der Waals surface area contributed by atoms with Gasteiger partial charge in [-0.15, -0.1) is 0 Å². The molecule has 1 saturated heterocycles. The Hall–Kier alpha value is -2.12. The molecule has 8 heteroatoms. The minimum Gasteiger partial charge on any atom is -0.481 e. The van der Waals surface area contributed by atoms with E-state index < -0.39 is 0 Å². The second-order valence-corrected chi connectivity index (χ2v) is 9.91. The molecule has 1 saturated carbocycles. The molecule has 6 nitrogen and oxygen atoms in total. The average molecular weight is 474 g/mol. The zero-order chi connectivity index (χ0) is 22.6. The third-order valence-corrected chi connectivity index (χ3v) is 7.30. The first-order valence-electron chi connectivity index (χ1n) is 11.5. The molecule has 0 atom stereocenters. The number of hydrogen-bond donors (Lipinski definition) is 2. The molecule has 1 aliphatic heterocycles. The van der Waals surface area contributed by atoms with Crippen molar-refractivity contribution in [2.75, 3.05) is 37.0 Å². The highest BCUT2D eigenvalue weighted by Crippen LogP contribution is 2.41. The first-order chi connectivity index (χ1) is 15.5. The Morgan fingerprint density at radius 3 is 2.66 bits per heavy atom. The number of halogens is 1. The predicted octanol–water partition coefficient (Wildman–Crippen LogP) is 5.17. The smallest absolute Gasteiger partial charge is 0.234 e. The van der Waals surface area contributed by atoms with E-state index in [1.54, 1.807) is 7.11 Å². The molecule has 0 spiro atoms. The summed E-state index contributed by atoms with van der Waals surface area (Å²) < 4.78 is 5.42. The van der Waals surface area contributed by atoms with Gasteiger partial charge in [0, 0.05) is 36.1 Å². The number of piperidine rings is 1. The van der Waals surface area contributed by atoms with Gasteiger partial charge < -0.3 is 20.3 Å². The number of methoxy groups -OCH3 is 1. The van der Waals surface area contributed by atoms with Crippen LogP contribution >= 0.6 is 23.8 Å². The molecule has 0 radical (unpaired) electrons.